The second-order valence-corrected chi connectivity index (χ2v) is 5.84. The van der Waals surface area contributed by atoms with Gasteiger partial charge in [-0.15, -0.1) is 0 Å². The van der Waals surface area contributed by atoms with E-state index < -0.39 is 0 Å². The lowest BCUT2D eigenvalue weighted by molar-refractivity contribution is -0.0936. The van der Waals surface area contributed by atoms with E-state index in [1.54, 1.807) is 0 Å². The summed E-state index contributed by atoms with van der Waals surface area (Å²) in [5.41, 5.74) is 0.0528. The monoisotopic (exact) mass is 257 g/mol. The van der Waals surface area contributed by atoms with Crippen molar-refractivity contribution in [2.75, 3.05) is 33.4 Å². The summed E-state index contributed by atoms with van der Waals surface area (Å²) < 4.78 is 11.5. The normalized spacial score (nSPS) is 28.8. The molecule has 1 saturated carbocycles. The number of nitrogens with one attached hydrogen (secondary N) is 1. The Bertz CT molecular complexity index is 211. The highest BCUT2D eigenvalue weighted by Crippen LogP contribution is 2.37. The van der Waals surface area contributed by atoms with Crippen molar-refractivity contribution < 1.29 is 9.47 Å². The van der Waals surface area contributed by atoms with E-state index in [1.165, 1.54) is 25.7 Å². The molecule has 3 heteroatoms. The number of hydrogen-bond donors (Lipinski definition) is 1. The fourth-order valence-corrected chi connectivity index (χ4v) is 2.99. The summed E-state index contributed by atoms with van der Waals surface area (Å²) in [6, 6.07) is 0. The zero-order chi connectivity index (χ0) is 13.4. The lowest BCUT2D eigenvalue weighted by Gasteiger charge is -2.41. The molecule has 0 bridgehead atoms. The lowest BCUT2D eigenvalue weighted by atomic mass is 9.74. The molecular weight excluding hydrogens is 226 g/mol. The first kappa shape index (κ1) is 15.9. The summed E-state index contributed by atoms with van der Waals surface area (Å²) in [6.07, 6.45) is 4.97. The number of rotatable bonds is 8. The molecule has 0 spiro atoms. The minimum absolute atomic E-state index is 0.0528. The number of hydrogen-bond acceptors (Lipinski definition) is 3. The Morgan fingerprint density at radius 1 is 1.22 bits per heavy atom. The van der Waals surface area contributed by atoms with Crippen LogP contribution in [0.25, 0.3) is 0 Å². The van der Waals surface area contributed by atoms with Crippen LogP contribution in [0.5, 0.6) is 0 Å². The van der Waals surface area contributed by atoms with Gasteiger partial charge in [0.15, 0.2) is 0 Å². The van der Waals surface area contributed by atoms with E-state index in [2.05, 4.69) is 19.2 Å². The van der Waals surface area contributed by atoms with Gasteiger partial charge in [0.05, 0.1) is 18.8 Å². The maximum absolute atomic E-state index is 6.15. The van der Waals surface area contributed by atoms with Crippen molar-refractivity contribution in [2.45, 2.75) is 52.1 Å². The zero-order valence-corrected chi connectivity index (χ0v) is 12.6. The van der Waals surface area contributed by atoms with Gasteiger partial charge in [-0.05, 0) is 51.5 Å². The van der Waals surface area contributed by atoms with Gasteiger partial charge < -0.3 is 14.8 Å². The largest absolute Gasteiger partial charge is 0.379 e. The van der Waals surface area contributed by atoms with Crippen LogP contribution in [0.2, 0.25) is 0 Å². The summed E-state index contributed by atoms with van der Waals surface area (Å²) in [7, 11) is 2.02. The van der Waals surface area contributed by atoms with Crippen molar-refractivity contribution in [3.63, 3.8) is 0 Å². The summed E-state index contributed by atoms with van der Waals surface area (Å²) >= 11 is 0. The van der Waals surface area contributed by atoms with Gasteiger partial charge in [-0.2, -0.15) is 0 Å². The van der Waals surface area contributed by atoms with Crippen molar-refractivity contribution in [3.8, 4) is 0 Å². The summed E-state index contributed by atoms with van der Waals surface area (Å²) in [4.78, 5) is 0. The molecule has 1 aliphatic carbocycles. The molecule has 18 heavy (non-hydrogen) atoms. The second kappa shape index (κ2) is 8.13. The molecule has 1 N–H and O–H groups in total. The predicted molar refractivity (Wildman–Crippen MR) is 75.9 cm³/mol. The Kier molecular flexibility index (Phi) is 7.20. The van der Waals surface area contributed by atoms with Gasteiger partial charge in [0.1, 0.15) is 0 Å². The van der Waals surface area contributed by atoms with Gasteiger partial charge in [-0.3, -0.25) is 0 Å². The molecule has 0 amide bonds. The van der Waals surface area contributed by atoms with Gasteiger partial charge in [0, 0.05) is 13.2 Å². The molecule has 108 valence electrons. The van der Waals surface area contributed by atoms with E-state index in [0.29, 0.717) is 0 Å². The molecule has 0 saturated heterocycles. The van der Waals surface area contributed by atoms with E-state index in [4.69, 9.17) is 9.47 Å². The smallest absolute Gasteiger partial charge is 0.0807 e. The predicted octanol–water partition coefficient (Wildman–Crippen LogP) is 2.84. The minimum Gasteiger partial charge on any atom is -0.379 e. The molecule has 1 rings (SSSR count). The first-order valence-corrected chi connectivity index (χ1v) is 7.50. The van der Waals surface area contributed by atoms with Crippen LogP contribution < -0.4 is 5.32 Å². The molecule has 1 aliphatic rings. The first-order chi connectivity index (χ1) is 8.63. The molecule has 0 aromatic heterocycles. The van der Waals surface area contributed by atoms with Gasteiger partial charge in [0.2, 0.25) is 0 Å². The fraction of sp³-hybridized carbons (Fsp3) is 1.00. The van der Waals surface area contributed by atoms with Crippen LogP contribution in [-0.2, 0) is 9.47 Å². The van der Waals surface area contributed by atoms with Crippen LogP contribution in [0, 0.1) is 11.8 Å². The van der Waals surface area contributed by atoms with Gasteiger partial charge >= 0.3 is 0 Å². The van der Waals surface area contributed by atoms with Crippen molar-refractivity contribution in [2.24, 2.45) is 11.8 Å². The maximum Gasteiger partial charge on any atom is 0.0807 e. The fourth-order valence-electron chi connectivity index (χ4n) is 2.99. The van der Waals surface area contributed by atoms with Crippen LogP contribution in [0.15, 0.2) is 0 Å². The topological polar surface area (TPSA) is 30.5 Å². The SMILES string of the molecule is CCOCCOC1(CNC)CCC(C(C)C)CC1. The van der Waals surface area contributed by atoms with Crippen LogP contribution >= 0.6 is 0 Å². The highest BCUT2D eigenvalue weighted by molar-refractivity contribution is 4.89. The van der Waals surface area contributed by atoms with E-state index in [1.807, 2.05) is 14.0 Å². The Labute approximate surface area is 113 Å². The Morgan fingerprint density at radius 2 is 1.89 bits per heavy atom. The zero-order valence-electron chi connectivity index (χ0n) is 12.6. The van der Waals surface area contributed by atoms with Gasteiger partial charge in [-0.25, -0.2) is 0 Å². The third kappa shape index (κ3) is 4.87. The van der Waals surface area contributed by atoms with Crippen LogP contribution in [0.1, 0.15) is 46.5 Å². The summed E-state index contributed by atoms with van der Waals surface area (Å²) in [5.74, 6) is 1.69. The Hall–Kier alpha value is -0.120. The average Bonchev–Trinajstić information content (AvgIpc) is 2.36. The second-order valence-electron chi connectivity index (χ2n) is 5.84. The molecule has 0 aliphatic heterocycles. The van der Waals surface area contributed by atoms with Crippen LogP contribution in [0.4, 0.5) is 0 Å². The molecule has 0 atom stereocenters. The lowest BCUT2D eigenvalue weighted by Crippen LogP contribution is -2.46. The molecular formula is C15H31NO2. The standard InChI is InChI=1S/C15H31NO2/c1-5-17-10-11-18-15(12-16-4)8-6-14(7-9-15)13(2)3/h13-14,16H,5-12H2,1-4H3. The van der Waals surface area contributed by atoms with Crippen molar-refractivity contribution >= 4 is 0 Å². The third-order valence-electron chi connectivity index (χ3n) is 4.22. The van der Waals surface area contributed by atoms with E-state index in [-0.39, 0.29) is 5.60 Å². The van der Waals surface area contributed by atoms with Gasteiger partial charge in [-0.1, -0.05) is 13.8 Å². The van der Waals surface area contributed by atoms with E-state index in [0.717, 1.165) is 38.2 Å². The van der Waals surface area contributed by atoms with E-state index in [9.17, 15) is 0 Å². The number of likely N-dealkylation sites (N-methyl/N-ethyl adjacent to an activating group) is 1. The first-order valence-electron chi connectivity index (χ1n) is 7.50. The molecule has 0 aromatic carbocycles. The molecule has 0 unspecified atom stereocenters. The average molecular weight is 257 g/mol. The van der Waals surface area contributed by atoms with Crippen LogP contribution in [0.3, 0.4) is 0 Å². The molecule has 3 nitrogen and oxygen atoms in total. The van der Waals surface area contributed by atoms with E-state index >= 15 is 0 Å². The summed E-state index contributed by atoms with van der Waals surface area (Å²) in [5, 5.41) is 3.30. The molecule has 0 aromatic rings. The number of ether oxygens (including phenoxy) is 2. The third-order valence-corrected chi connectivity index (χ3v) is 4.22. The summed E-state index contributed by atoms with van der Waals surface area (Å²) in [6.45, 7) is 9.88. The Morgan fingerprint density at radius 3 is 2.39 bits per heavy atom. The quantitative estimate of drug-likeness (QED) is 0.678. The van der Waals surface area contributed by atoms with Crippen LogP contribution in [-0.4, -0.2) is 39.0 Å². The van der Waals surface area contributed by atoms with Crippen molar-refractivity contribution in [3.05, 3.63) is 0 Å². The highest BCUT2D eigenvalue weighted by Gasteiger charge is 2.36. The minimum atomic E-state index is 0.0528. The Balaban J connectivity index is 2.40. The van der Waals surface area contributed by atoms with Gasteiger partial charge in [0.25, 0.3) is 0 Å². The molecule has 0 heterocycles. The van der Waals surface area contributed by atoms with Crippen molar-refractivity contribution in [1.82, 2.24) is 5.32 Å². The van der Waals surface area contributed by atoms with Crippen molar-refractivity contribution in [1.29, 1.82) is 0 Å². The molecule has 0 radical (unpaired) electrons. The maximum atomic E-state index is 6.15. The highest BCUT2D eigenvalue weighted by atomic mass is 16.5. The molecule has 1 fully saturated rings.